The summed E-state index contributed by atoms with van der Waals surface area (Å²) in [5.41, 5.74) is 2.57. The van der Waals surface area contributed by atoms with Gasteiger partial charge in [-0.2, -0.15) is 0 Å². The number of aliphatic carboxylic acids is 2. The van der Waals surface area contributed by atoms with Crippen LogP contribution in [-0.4, -0.2) is 53.1 Å². The number of benzene rings is 1. The molecule has 0 saturated carbocycles. The molecule has 7 nitrogen and oxygen atoms in total. The zero-order valence-electron chi connectivity index (χ0n) is 15.3. The Bertz CT molecular complexity index is 530. The summed E-state index contributed by atoms with van der Waals surface area (Å²) < 4.78 is 5.78. The lowest BCUT2D eigenvalue weighted by molar-refractivity contribution is -0.159. The number of aryl methyl sites for hydroxylation is 1. The van der Waals surface area contributed by atoms with Crippen LogP contribution in [-0.2, 0) is 9.59 Å². The molecule has 0 aliphatic rings. The summed E-state index contributed by atoms with van der Waals surface area (Å²) in [6.45, 7) is 10.5. The van der Waals surface area contributed by atoms with Crippen molar-refractivity contribution in [1.29, 1.82) is 0 Å². The molecule has 0 fully saturated rings. The van der Waals surface area contributed by atoms with E-state index in [9.17, 15) is 0 Å². The predicted molar refractivity (Wildman–Crippen MR) is 95.2 cm³/mol. The molecule has 0 bridgehead atoms. The Morgan fingerprint density at radius 1 is 1.12 bits per heavy atom. The van der Waals surface area contributed by atoms with E-state index in [1.165, 1.54) is 11.1 Å². The molecule has 0 heterocycles. The molecule has 0 radical (unpaired) electrons. The zero-order valence-corrected chi connectivity index (χ0v) is 15.3. The molecule has 142 valence electrons. The lowest BCUT2D eigenvalue weighted by Gasteiger charge is -2.12. The van der Waals surface area contributed by atoms with Crippen LogP contribution in [0.4, 0.5) is 0 Å². The third kappa shape index (κ3) is 12.0. The van der Waals surface area contributed by atoms with Gasteiger partial charge in [0.2, 0.25) is 0 Å². The predicted octanol–water partition coefficient (Wildman–Crippen LogP) is 2.01. The minimum Gasteiger partial charge on any atom is -0.494 e. The van der Waals surface area contributed by atoms with Crippen LogP contribution < -0.4 is 10.1 Å². The fraction of sp³-hybridized carbons (Fsp3) is 0.556. The number of hydrogen-bond donors (Lipinski definition) is 4. The molecular formula is C18H29NO6. The quantitative estimate of drug-likeness (QED) is 0.416. The third-order valence-corrected chi connectivity index (χ3v) is 3.13. The fourth-order valence-electron chi connectivity index (χ4n) is 1.89. The van der Waals surface area contributed by atoms with Crippen LogP contribution in [0.2, 0.25) is 0 Å². The van der Waals surface area contributed by atoms with Crippen molar-refractivity contribution in [3.05, 3.63) is 29.3 Å². The van der Waals surface area contributed by atoms with Crippen LogP contribution in [0.3, 0.4) is 0 Å². The molecule has 0 aromatic heterocycles. The molecule has 7 heteroatoms. The van der Waals surface area contributed by atoms with Crippen molar-refractivity contribution < 1.29 is 29.6 Å². The highest BCUT2D eigenvalue weighted by Crippen LogP contribution is 2.22. The van der Waals surface area contributed by atoms with Crippen molar-refractivity contribution in [3.63, 3.8) is 0 Å². The number of carboxylic acids is 2. The monoisotopic (exact) mass is 355 g/mol. The van der Waals surface area contributed by atoms with Crippen LogP contribution in [0.15, 0.2) is 18.2 Å². The van der Waals surface area contributed by atoms with Gasteiger partial charge in [-0.15, -0.1) is 0 Å². The lowest BCUT2D eigenvalue weighted by Crippen LogP contribution is -2.26. The van der Waals surface area contributed by atoms with Gasteiger partial charge in [-0.05, 0) is 56.0 Å². The van der Waals surface area contributed by atoms with Crippen LogP contribution in [0.25, 0.3) is 0 Å². The minimum absolute atomic E-state index is 0.286. The average Bonchev–Trinajstić information content (AvgIpc) is 2.50. The summed E-state index contributed by atoms with van der Waals surface area (Å²) in [4.78, 5) is 18.2. The van der Waals surface area contributed by atoms with Gasteiger partial charge in [-0.1, -0.05) is 19.9 Å². The van der Waals surface area contributed by atoms with Gasteiger partial charge < -0.3 is 25.4 Å². The molecule has 25 heavy (non-hydrogen) atoms. The Morgan fingerprint density at radius 2 is 1.72 bits per heavy atom. The van der Waals surface area contributed by atoms with E-state index in [1.54, 1.807) is 6.92 Å². The molecule has 0 saturated heterocycles. The number of hydrogen-bond acceptors (Lipinski definition) is 5. The molecule has 1 unspecified atom stereocenters. The minimum atomic E-state index is -1.82. The fourth-order valence-corrected chi connectivity index (χ4v) is 1.89. The Balaban J connectivity index is 0.000000823. The van der Waals surface area contributed by atoms with Gasteiger partial charge in [0, 0.05) is 6.54 Å². The molecule has 1 aromatic rings. The summed E-state index contributed by atoms with van der Waals surface area (Å²) >= 11 is 0. The van der Waals surface area contributed by atoms with Crippen molar-refractivity contribution in [1.82, 2.24) is 5.32 Å². The summed E-state index contributed by atoms with van der Waals surface area (Å²) in [6, 6.07) is 6.41. The summed E-state index contributed by atoms with van der Waals surface area (Å²) in [7, 11) is 0. The lowest BCUT2D eigenvalue weighted by atomic mass is 10.0. The number of aliphatic hydroxyl groups excluding tert-OH is 1. The van der Waals surface area contributed by atoms with Gasteiger partial charge in [0.05, 0.1) is 12.7 Å². The number of rotatable bonds is 8. The van der Waals surface area contributed by atoms with Crippen molar-refractivity contribution >= 4 is 11.9 Å². The second kappa shape index (κ2) is 12.3. The molecule has 0 aliphatic carbocycles. The van der Waals surface area contributed by atoms with Crippen molar-refractivity contribution in [2.45, 2.75) is 46.1 Å². The van der Waals surface area contributed by atoms with Gasteiger partial charge in [-0.25, -0.2) is 9.59 Å². The van der Waals surface area contributed by atoms with Crippen molar-refractivity contribution in [2.24, 2.45) is 0 Å². The Hall–Kier alpha value is -2.12. The topological polar surface area (TPSA) is 116 Å². The second-order valence-electron chi connectivity index (χ2n) is 6.10. The van der Waals surface area contributed by atoms with Crippen molar-refractivity contribution in [3.8, 4) is 5.75 Å². The zero-order chi connectivity index (χ0) is 19.4. The first-order chi connectivity index (χ1) is 11.6. The summed E-state index contributed by atoms with van der Waals surface area (Å²) in [6.07, 6.45) is 0.656. The molecular weight excluding hydrogens is 326 g/mol. The Kier molecular flexibility index (Phi) is 11.2. The molecule has 4 N–H and O–H groups in total. The molecule has 1 rings (SSSR count). The first-order valence-electron chi connectivity index (χ1n) is 8.22. The SMILES string of the molecule is Cc1cc(OCCCNCC(C)O)cc(C(C)C)c1.O=C(O)C(=O)O. The maximum Gasteiger partial charge on any atom is 0.414 e. The number of aliphatic hydroxyl groups is 1. The third-order valence-electron chi connectivity index (χ3n) is 3.13. The van der Waals surface area contributed by atoms with Gasteiger partial charge in [0.1, 0.15) is 5.75 Å². The normalized spacial score (nSPS) is 11.4. The van der Waals surface area contributed by atoms with Crippen molar-refractivity contribution in [2.75, 3.05) is 19.7 Å². The summed E-state index contributed by atoms with van der Waals surface area (Å²) in [5, 5.41) is 27.1. The van der Waals surface area contributed by atoms with Gasteiger partial charge in [0.15, 0.2) is 0 Å². The number of carboxylic acid groups (broad SMARTS) is 2. The summed E-state index contributed by atoms with van der Waals surface area (Å²) in [5.74, 6) is -2.17. The Morgan fingerprint density at radius 3 is 2.20 bits per heavy atom. The average molecular weight is 355 g/mol. The largest absolute Gasteiger partial charge is 0.494 e. The van der Waals surface area contributed by atoms with E-state index in [2.05, 4.69) is 44.3 Å². The highest BCUT2D eigenvalue weighted by molar-refractivity contribution is 6.27. The highest BCUT2D eigenvalue weighted by Gasteiger charge is 2.04. The van der Waals surface area contributed by atoms with E-state index in [0.717, 1.165) is 18.7 Å². The number of carbonyl (C=O) groups is 2. The molecule has 1 aromatic carbocycles. The number of nitrogens with one attached hydrogen (secondary N) is 1. The second-order valence-corrected chi connectivity index (χ2v) is 6.10. The van der Waals surface area contributed by atoms with Gasteiger partial charge in [0.25, 0.3) is 0 Å². The smallest absolute Gasteiger partial charge is 0.414 e. The number of ether oxygens (including phenoxy) is 1. The Labute approximate surface area is 148 Å². The van der Waals surface area contributed by atoms with E-state index in [0.29, 0.717) is 19.1 Å². The van der Waals surface area contributed by atoms with Crippen LogP contribution in [0.5, 0.6) is 5.75 Å². The van der Waals surface area contributed by atoms with E-state index in [-0.39, 0.29) is 6.10 Å². The van der Waals surface area contributed by atoms with Crippen LogP contribution in [0.1, 0.15) is 44.2 Å². The van der Waals surface area contributed by atoms with Gasteiger partial charge in [-0.3, -0.25) is 0 Å². The molecule has 0 spiro atoms. The van der Waals surface area contributed by atoms with Crippen LogP contribution in [0, 0.1) is 6.92 Å². The molecule has 1 atom stereocenters. The highest BCUT2D eigenvalue weighted by atomic mass is 16.5. The van der Waals surface area contributed by atoms with E-state index >= 15 is 0 Å². The van der Waals surface area contributed by atoms with E-state index in [4.69, 9.17) is 29.6 Å². The van der Waals surface area contributed by atoms with E-state index < -0.39 is 11.9 Å². The standard InChI is InChI=1S/C16H27NO2.C2H2O4/c1-12(2)15-8-13(3)9-16(10-15)19-7-5-6-17-11-14(4)18;3-1(4)2(5)6/h8-10,12,14,17-18H,5-7,11H2,1-4H3;(H,3,4)(H,5,6). The molecule has 0 aliphatic heterocycles. The van der Waals surface area contributed by atoms with Gasteiger partial charge >= 0.3 is 11.9 Å². The maximum atomic E-state index is 9.11. The first kappa shape index (κ1) is 22.9. The van der Waals surface area contributed by atoms with Crippen LogP contribution >= 0.6 is 0 Å². The maximum absolute atomic E-state index is 9.11. The first-order valence-corrected chi connectivity index (χ1v) is 8.22. The molecule has 0 amide bonds. The van der Waals surface area contributed by atoms with E-state index in [1.807, 2.05) is 0 Å².